The summed E-state index contributed by atoms with van der Waals surface area (Å²) in [6.07, 6.45) is -0.411. The number of halogens is 1. The maximum Gasteiger partial charge on any atom is 0.333 e. The van der Waals surface area contributed by atoms with Gasteiger partial charge in [-0.15, -0.1) is 0 Å². The largest absolute Gasteiger partial charge is 0.333 e. The number of sulfonamides is 2. The number of hydrogen-bond acceptors (Lipinski definition) is 9. The summed E-state index contributed by atoms with van der Waals surface area (Å²) in [5, 5.41) is 22.3. The molecule has 3 amide bonds. The SMILES string of the molecule is O=C(CCN(Cc1ccc([N+](=O)[O-])cc1)S(=O)(=O)c1cccc(NC(=O)NS(=O)(=O)c2ccc(Cl)cc2)c1)NO. The zero-order valence-corrected chi connectivity index (χ0v) is 22.7. The molecule has 14 nitrogen and oxygen atoms in total. The normalized spacial score (nSPS) is 11.6. The van der Waals surface area contributed by atoms with Crippen LogP contribution in [0.15, 0.2) is 82.6 Å². The van der Waals surface area contributed by atoms with E-state index in [9.17, 15) is 36.5 Å². The van der Waals surface area contributed by atoms with E-state index in [4.69, 9.17) is 16.8 Å². The fourth-order valence-electron chi connectivity index (χ4n) is 3.33. The van der Waals surface area contributed by atoms with Crippen LogP contribution in [0.5, 0.6) is 0 Å². The van der Waals surface area contributed by atoms with Crippen LogP contribution in [-0.2, 0) is 31.4 Å². The molecule has 0 bridgehead atoms. The molecule has 0 spiro atoms. The van der Waals surface area contributed by atoms with E-state index >= 15 is 0 Å². The van der Waals surface area contributed by atoms with E-state index in [0.717, 1.165) is 10.4 Å². The van der Waals surface area contributed by atoms with Crippen LogP contribution in [0.1, 0.15) is 12.0 Å². The standard InChI is InChI=1S/C23H22ClN5O9S2/c24-17-6-10-20(11-7-17)39(35,36)27-23(31)25-18-2-1-3-21(14-18)40(37,38)28(13-12-22(30)26-32)15-16-4-8-19(9-5-16)29(33)34/h1-11,14,32H,12-13,15H2,(H,26,30)(H2,25,27,31). The molecule has 40 heavy (non-hydrogen) atoms. The van der Waals surface area contributed by atoms with Crippen LogP contribution < -0.4 is 15.5 Å². The lowest BCUT2D eigenvalue weighted by molar-refractivity contribution is -0.384. The van der Waals surface area contributed by atoms with Crippen LogP contribution in [-0.4, -0.2) is 49.8 Å². The molecule has 0 heterocycles. The van der Waals surface area contributed by atoms with Gasteiger partial charge in [-0.25, -0.2) is 31.8 Å². The fourth-order valence-corrected chi connectivity index (χ4v) is 5.84. The Morgan fingerprint density at radius 1 is 0.950 bits per heavy atom. The van der Waals surface area contributed by atoms with Crippen LogP contribution in [0.2, 0.25) is 5.02 Å². The van der Waals surface area contributed by atoms with Gasteiger partial charge in [0, 0.05) is 42.4 Å². The van der Waals surface area contributed by atoms with Crippen molar-refractivity contribution in [3.8, 4) is 0 Å². The van der Waals surface area contributed by atoms with Gasteiger partial charge in [-0.05, 0) is 48.0 Å². The van der Waals surface area contributed by atoms with Gasteiger partial charge in [-0.1, -0.05) is 29.8 Å². The van der Waals surface area contributed by atoms with E-state index in [-0.39, 0.29) is 34.3 Å². The van der Waals surface area contributed by atoms with E-state index in [2.05, 4.69) is 5.32 Å². The number of carbonyl (C=O) groups excluding carboxylic acids is 2. The number of nitro benzene ring substituents is 1. The van der Waals surface area contributed by atoms with Crippen molar-refractivity contribution in [2.24, 2.45) is 0 Å². The number of non-ortho nitro benzene ring substituents is 1. The molecule has 0 aliphatic rings. The number of anilines is 1. The van der Waals surface area contributed by atoms with Crippen LogP contribution in [0.3, 0.4) is 0 Å². The molecule has 17 heteroatoms. The topological polar surface area (TPSA) is 205 Å². The van der Waals surface area contributed by atoms with Gasteiger partial charge in [0.15, 0.2) is 0 Å². The molecule has 212 valence electrons. The molecule has 3 aromatic rings. The highest BCUT2D eigenvalue weighted by Crippen LogP contribution is 2.23. The van der Waals surface area contributed by atoms with Crippen LogP contribution in [0, 0.1) is 10.1 Å². The highest BCUT2D eigenvalue weighted by atomic mass is 35.5. The van der Waals surface area contributed by atoms with Crippen LogP contribution in [0.25, 0.3) is 0 Å². The number of benzene rings is 3. The Balaban J connectivity index is 1.82. The maximum atomic E-state index is 13.5. The molecule has 0 unspecified atom stereocenters. The monoisotopic (exact) mass is 611 g/mol. The van der Waals surface area contributed by atoms with Crippen molar-refractivity contribution in [2.45, 2.75) is 22.8 Å². The summed E-state index contributed by atoms with van der Waals surface area (Å²) in [5.41, 5.74) is 1.53. The minimum atomic E-state index is -4.33. The third kappa shape index (κ3) is 7.96. The van der Waals surface area contributed by atoms with Crippen molar-refractivity contribution < 1.29 is 36.6 Å². The van der Waals surface area contributed by atoms with Crippen molar-refractivity contribution in [3.05, 3.63) is 93.5 Å². The lowest BCUT2D eigenvalue weighted by Gasteiger charge is -2.22. The third-order valence-electron chi connectivity index (χ3n) is 5.30. The summed E-state index contributed by atoms with van der Waals surface area (Å²) in [6.45, 7) is -0.653. The quantitative estimate of drug-likeness (QED) is 0.143. The molecule has 0 radical (unpaired) electrons. The number of nitrogens with zero attached hydrogens (tertiary/aromatic N) is 2. The first-order valence-corrected chi connectivity index (χ1v) is 14.5. The summed E-state index contributed by atoms with van der Waals surface area (Å²) in [5.74, 6) is -0.849. The third-order valence-corrected chi connectivity index (χ3v) is 8.74. The average molecular weight is 612 g/mol. The smallest absolute Gasteiger partial charge is 0.307 e. The van der Waals surface area contributed by atoms with Gasteiger partial charge in [-0.2, -0.15) is 4.31 Å². The molecule has 4 N–H and O–H groups in total. The van der Waals surface area contributed by atoms with Gasteiger partial charge in [0.1, 0.15) is 0 Å². The van der Waals surface area contributed by atoms with E-state index in [1.807, 2.05) is 4.72 Å². The first kappa shape index (κ1) is 30.5. The Morgan fingerprint density at radius 3 is 2.20 bits per heavy atom. The van der Waals surface area contributed by atoms with Gasteiger partial charge in [0.2, 0.25) is 15.9 Å². The van der Waals surface area contributed by atoms with Gasteiger partial charge >= 0.3 is 6.03 Å². The van der Waals surface area contributed by atoms with Gasteiger partial charge < -0.3 is 5.32 Å². The second-order valence-electron chi connectivity index (χ2n) is 8.09. The minimum Gasteiger partial charge on any atom is -0.307 e. The highest BCUT2D eigenvalue weighted by Gasteiger charge is 2.26. The first-order valence-electron chi connectivity index (χ1n) is 11.2. The van der Waals surface area contributed by atoms with E-state index in [1.54, 1.807) is 0 Å². The molecule has 0 saturated heterocycles. The minimum absolute atomic E-state index is 0.0618. The molecule has 3 rings (SSSR count). The van der Waals surface area contributed by atoms with E-state index in [0.29, 0.717) is 10.6 Å². The molecule has 0 aliphatic carbocycles. The first-order chi connectivity index (χ1) is 18.8. The second kappa shape index (κ2) is 12.8. The fraction of sp³-hybridized carbons (Fsp3) is 0.130. The van der Waals surface area contributed by atoms with Crippen LogP contribution >= 0.6 is 11.6 Å². The Kier molecular flexibility index (Phi) is 9.78. The number of hydrogen-bond donors (Lipinski definition) is 4. The molecule has 0 aliphatic heterocycles. The number of nitrogens with one attached hydrogen (secondary N) is 3. The summed E-state index contributed by atoms with van der Waals surface area (Å²) in [7, 11) is -8.59. The maximum absolute atomic E-state index is 13.5. The predicted octanol–water partition coefficient (Wildman–Crippen LogP) is 2.85. The van der Waals surface area contributed by atoms with Crippen molar-refractivity contribution >= 4 is 55.0 Å². The number of rotatable bonds is 11. The summed E-state index contributed by atoms with van der Waals surface area (Å²) in [6, 6.07) is 13.9. The molecular formula is C23H22ClN5O9S2. The van der Waals surface area contributed by atoms with E-state index < -0.39 is 43.3 Å². The molecule has 0 aromatic heterocycles. The molecular weight excluding hydrogens is 590 g/mol. The zero-order chi connectivity index (χ0) is 29.5. The van der Waals surface area contributed by atoms with Crippen molar-refractivity contribution in [1.29, 1.82) is 0 Å². The zero-order valence-electron chi connectivity index (χ0n) is 20.4. The van der Waals surface area contributed by atoms with Crippen molar-refractivity contribution in [3.63, 3.8) is 0 Å². The lowest BCUT2D eigenvalue weighted by Crippen LogP contribution is -2.35. The second-order valence-corrected chi connectivity index (χ2v) is 12.1. The van der Waals surface area contributed by atoms with Crippen molar-refractivity contribution in [2.75, 3.05) is 11.9 Å². The number of amides is 3. The lowest BCUT2D eigenvalue weighted by atomic mass is 10.2. The van der Waals surface area contributed by atoms with Crippen LogP contribution in [0.4, 0.5) is 16.2 Å². The Labute approximate surface area is 233 Å². The Morgan fingerprint density at radius 2 is 1.60 bits per heavy atom. The Hall–Kier alpha value is -4.09. The summed E-state index contributed by atoms with van der Waals surface area (Å²) < 4.78 is 54.6. The molecule has 0 atom stereocenters. The summed E-state index contributed by atoms with van der Waals surface area (Å²) in [4.78, 5) is 33.8. The molecule has 0 saturated carbocycles. The number of hydroxylamine groups is 1. The van der Waals surface area contributed by atoms with Crippen molar-refractivity contribution in [1.82, 2.24) is 14.5 Å². The van der Waals surface area contributed by atoms with Gasteiger partial charge in [-0.3, -0.25) is 20.1 Å². The Bertz CT molecular complexity index is 1620. The van der Waals surface area contributed by atoms with Gasteiger partial charge in [0.25, 0.3) is 15.7 Å². The molecule has 3 aromatic carbocycles. The van der Waals surface area contributed by atoms with Gasteiger partial charge in [0.05, 0.1) is 14.7 Å². The number of nitro groups is 1. The molecule has 0 fully saturated rings. The number of urea groups is 1. The average Bonchev–Trinajstić information content (AvgIpc) is 2.91. The van der Waals surface area contributed by atoms with E-state index in [1.165, 1.54) is 72.2 Å². The predicted molar refractivity (Wildman–Crippen MR) is 142 cm³/mol. The summed E-state index contributed by atoms with van der Waals surface area (Å²) >= 11 is 5.75. The highest BCUT2D eigenvalue weighted by molar-refractivity contribution is 7.90. The number of carbonyl (C=O) groups is 2.